The van der Waals surface area contributed by atoms with Gasteiger partial charge in [0.2, 0.25) is 5.91 Å². The summed E-state index contributed by atoms with van der Waals surface area (Å²) >= 11 is 0. The minimum absolute atomic E-state index is 0.00796. The molecule has 0 aromatic rings. The molecule has 0 saturated carbocycles. The molecule has 0 fully saturated rings. The van der Waals surface area contributed by atoms with E-state index in [2.05, 4.69) is 43.5 Å². The number of hydrogen-bond acceptors (Lipinski definition) is 6. The van der Waals surface area contributed by atoms with Gasteiger partial charge < -0.3 is 28.8 Å². The molecule has 0 saturated heterocycles. The molecule has 0 spiro atoms. The van der Waals surface area contributed by atoms with Crippen LogP contribution in [0.2, 0.25) is 0 Å². The van der Waals surface area contributed by atoms with E-state index < -0.39 is 26.6 Å². The monoisotopic (exact) mass is 895 g/mol. The van der Waals surface area contributed by atoms with Gasteiger partial charge in [-0.1, -0.05) is 230 Å². The molecule has 3 unspecified atom stereocenters. The molecule has 0 heterocycles. The van der Waals surface area contributed by atoms with Crippen molar-refractivity contribution >= 4 is 13.7 Å². The highest BCUT2D eigenvalue weighted by molar-refractivity contribution is 7.45. The smallest absolute Gasteiger partial charge is 0.268 e. The van der Waals surface area contributed by atoms with Gasteiger partial charge >= 0.3 is 0 Å². The number of carbonyl (C=O) groups excluding carboxylic acids is 1. The third-order valence-corrected chi connectivity index (χ3v) is 12.8. The second-order valence-corrected chi connectivity index (χ2v) is 20.6. The Morgan fingerprint density at radius 1 is 0.548 bits per heavy atom. The number of quaternary nitrogens is 1. The summed E-state index contributed by atoms with van der Waals surface area (Å²) in [6.45, 7) is 4.61. The molecule has 366 valence electrons. The van der Waals surface area contributed by atoms with Crippen molar-refractivity contribution in [3.63, 3.8) is 0 Å². The Labute approximate surface area is 385 Å². The minimum Gasteiger partial charge on any atom is -0.756 e. The van der Waals surface area contributed by atoms with Crippen LogP contribution >= 0.6 is 7.82 Å². The molecule has 9 heteroatoms. The van der Waals surface area contributed by atoms with E-state index in [4.69, 9.17) is 9.05 Å². The van der Waals surface area contributed by atoms with Crippen molar-refractivity contribution in [3.8, 4) is 0 Å². The zero-order valence-corrected chi connectivity index (χ0v) is 42.5. The Morgan fingerprint density at radius 2 is 0.903 bits per heavy atom. The van der Waals surface area contributed by atoms with Crippen LogP contribution < -0.4 is 10.2 Å². The molecule has 0 aliphatic rings. The first kappa shape index (κ1) is 60.7. The molecule has 0 aromatic carbocycles. The average molecular weight is 895 g/mol. The molecule has 2 N–H and O–H groups in total. The lowest BCUT2D eigenvalue weighted by Gasteiger charge is -2.29. The van der Waals surface area contributed by atoms with Gasteiger partial charge in [0, 0.05) is 6.42 Å². The van der Waals surface area contributed by atoms with E-state index in [0.717, 1.165) is 44.9 Å². The normalized spacial score (nSPS) is 14.4. The van der Waals surface area contributed by atoms with Crippen LogP contribution in [0.5, 0.6) is 0 Å². The van der Waals surface area contributed by atoms with Crippen molar-refractivity contribution in [3.05, 3.63) is 36.5 Å². The summed E-state index contributed by atoms with van der Waals surface area (Å²) in [5.74, 6) is -0.213. The van der Waals surface area contributed by atoms with Crippen LogP contribution in [-0.2, 0) is 18.4 Å². The zero-order chi connectivity index (χ0) is 45.7. The van der Waals surface area contributed by atoms with Crippen LogP contribution in [0.25, 0.3) is 0 Å². The summed E-state index contributed by atoms with van der Waals surface area (Å²) in [6, 6.07) is -0.905. The quantitative estimate of drug-likeness (QED) is 0.0273. The van der Waals surface area contributed by atoms with E-state index in [1.54, 1.807) is 6.08 Å². The van der Waals surface area contributed by atoms with E-state index in [1.807, 2.05) is 27.2 Å². The number of unbranched alkanes of at least 4 members (excludes halogenated alkanes) is 31. The van der Waals surface area contributed by atoms with Gasteiger partial charge in [-0.05, 0) is 44.9 Å². The SMILES string of the molecule is CCCCCCCCCCCCCCCCCCCCCC/C=C/CC/C=C/CC/C=C/C(O)C(COP(=O)([O-])OCC[N+](C)(C)C)NC(=O)CCCCCCCCCCCC. The van der Waals surface area contributed by atoms with E-state index in [-0.39, 0.29) is 12.5 Å². The number of hydrogen-bond donors (Lipinski definition) is 2. The lowest BCUT2D eigenvalue weighted by Crippen LogP contribution is -2.45. The van der Waals surface area contributed by atoms with Gasteiger partial charge in [-0.25, -0.2) is 0 Å². The van der Waals surface area contributed by atoms with Crippen LogP contribution in [0.15, 0.2) is 36.5 Å². The fraction of sp³-hybridized carbons (Fsp3) is 0.868. The molecule has 3 atom stereocenters. The average Bonchev–Trinajstić information content (AvgIpc) is 3.23. The Kier molecular flexibility index (Phi) is 44.0. The van der Waals surface area contributed by atoms with Crippen LogP contribution in [0, 0.1) is 0 Å². The molecule has 0 aliphatic heterocycles. The molecule has 0 bridgehead atoms. The number of allylic oxidation sites excluding steroid dienone is 5. The molecule has 0 aliphatic carbocycles. The fourth-order valence-electron chi connectivity index (χ4n) is 7.66. The number of phosphoric ester groups is 1. The van der Waals surface area contributed by atoms with Crippen LogP contribution in [0.1, 0.15) is 245 Å². The maximum Gasteiger partial charge on any atom is 0.268 e. The van der Waals surface area contributed by atoms with Gasteiger partial charge in [0.15, 0.2) is 0 Å². The van der Waals surface area contributed by atoms with Gasteiger partial charge in [-0.15, -0.1) is 0 Å². The van der Waals surface area contributed by atoms with Crippen molar-refractivity contribution in [2.24, 2.45) is 0 Å². The van der Waals surface area contributed by atoms with Crippen LogP contribution in [0.4, 0.5) is 0 Å². The Hall–Kier alpha value is -1.28. The summed E-state index contributed by atoms with van der Waals surface area (Å²) < 4.78 is 23.2. The first-order valence-electron chi connectivity index (χ1n) is 26.4. The molecule has 0 aromatic heterocycles. The summed E-state index contributed by atoms with van der Waals surface area (Å²) in [5.41, 5.74) is 0. The molecule has 0 radical (unpaired) electrons. The van der Waals surface area contributed by atoms with Crippen molar-refractivity contribution in [1.82, 2.24) is 5.32 Å². The molecule has 62 heavy (non-hydrogen) atoms. The highest BCUT2D eigenvalue weighted by Gasteiger charge is 2.23. The van der Waals surface area contributed by atoms with Gasteiger partial charge in [0.25, 0.3) is 7.82 Å². The van der Waals surface area contributed by atoms with E-state index in [9.17, 15) is 19.4 Å². The predicted molar refractivity (Wildman–Crippen MR) is 265 cm³/mol. The summed E-state index contributed by atoms with van der Waals surface area (Å²) in [4.78, 5) is 25.3. The third-order valence-electron chi connectivity index (χ3n) is 11.8. The molecular formula is C53H103N2O6P. The lowest BCUT2D eigenvalue weighted by molar-refractivity contribution is -0.870. The van der Waals surface area contributed by atoms with Crippen molar-refractivity contribution < 1.29 is 32.9 Å². The molecule has 0 rings (SSSR count). The minimum atomic E-state index is -4.60. The highest BCUT2D eigenvalue weighted by Crippen LogP contribution is 2.38. The summed E-state index contributed by atoms with van der Waals surface area (Å²) in [7, 11) is 1.24. The van der Waals surface area contributed by atoms with Gasteiger partial charge in [-0.3, -0.25) is 9.36 Å². The first-order valence-corrected chi connectivity index (χ1v) is 27.8. The van der Waals surface area contributed by atoms with Crippen molar-refractivity contribution in [1.29, 1.82) is 0 Å². The number of nitrogens with one attached hydrogen (secondary N) is 1. The Morgan fingerprint density at radius 3 is 1.31 bits per heavy atom. The maximum atomic E-state index is 12.8. The number of aliphatic hydroxyl groups is 1. The van der Waals surface area contributed by atoms with Crippen molar-refractivity contribution in [2.75, 3.05) is 40.9 Å². The number of nitrogens with zero attached hydrogens (tertiary/aromatic N) is 1. The second-order valence-electron chi connectivity index (χ2n) is 19.2. The Bertz CT molecular complexity index is 1110. The number of rotatable bonds is 48. The Balaban J connectivity index is 4.16. The predicted octanol–water partition coefficient (Wildman–Crippen LogP) is 14.8. The number of likely N-dealkylation sites (N-methyl/N-ethyl adjacent to an activating group) is 1. The van der Waals surface area contributed by atoms with Gasteiger partial charge in [0.05, 0.1) is 39.9 Å². The van der Waals surface area contributed by atoms with Gasteiger partial charge in [0.1, 0.15) is 13.2 Å². The largest absolute Gasteiger partial charge is 0.756 e. The summed E-state index contributed by atoms with van der Waals surface area (Å²) in [6.07, 6.45) is 56.7. The van der Waals surface area contributed by atoms with E-state index in [0.29, 0.717) is 17.4 Å². The maximum absolute atomic E-state index is 12.8. The number of aliphatic hydroxyl groups excluding tert-OH is 1. The summed E-state index contributed by atoms with van der Waals surface area (Å²) in [5, 5.41) is 13.8. The van der Waals surface area contributed by atoms with Crippen LogP contribution in [0.3, 0.4) is 0 Å². The number of carbonyl (C=O) groups is 1. The van der Waals surface area contributed by atoms with Crippen molar-refractivity contribution in [2.45, 2.75) is 257 Å². The fourth-order valence-corrected chi connectivity index (χ4v) is 8.38. The molecule has 1 amide bonds. The molecule has 8 nitrogen and oxygen atoms in total. The first-order chi connectivity index (χ1) is 30.0. The lowest BCUT2D eigenvalue weighted by atomic mass is 10.0. The standard InChI is InChI=1S/C53H103N2O6P/c1-6-8-10-12-14-16-18-19-20-21-22-23-24-25-26-27-28-29-30-31-32-33-34-35-36-37-38-40-42-44-46-52(56)51(50-61-62(58,59)60-49-48-55(3,4)5)54-53(57)47-45-43-41-39-17-15-13-11-9-7-2/h33-34,37-38,44,46,51-52,56H,6-32,35-36,39-43,45,47-50H2,1-5H3,(H-,54,57,58,59)/b34-33+,38-37+,46-44+. The third kappa shape index (κ3) is 46.7. The van der Waals surface area contributed by atoms with Gasteiger partial charge in [-0.2, -0.15) is 0 Å². The zero-order valence-electron chi connectivity index (χ0n) is 41.6. The van der Waals surface area contributed by atoms with Crippen LogP contribution in [-0.4, -0.2) is 68.5 Å². The number of amides is 1. The van der Waals surface area contributed by atoms with E-state index in [1.165, 1.54) is 180 Å². The van der Waals surface area contributed by atoms with E-state index >= 15 is 0 Å². The molecular weight excluding hydrogens is 792 g/mol. The topological polar surface area (TPSA) is 108 Å². The number of phosphoric acid groups is 1. The highest BCUT2D eigenvalue weighted by atomic mass is 31.2. The second kappa shape index (κ2) is 44.9.